The maximum atomic E-state index is 12.3. The number of nitrogens with one attached hydrogen (secondary N) is 2. The van der Waals surface area contributed by atoms with Gasteiger partial charge in [-0.25, -0.2) is 0 Å². The van der Waals surface area contributed by atoms with E-state index in [0.29, 0.717) is 12.1 Å². The molecule has 0 aliphatic carbocycles. The molecule has 0 aromatic heterocycles. The van der Waals surface area contributed by atoms with E-state index < -0.39 is 0 Å². The molecule has 2 rings (SSSR count). The highest BCUT2D eigenvalue weighted by Gasteiger charge is 2.18. The minimum absolute atomic E-state index is 0.0790. The summed E-state index contributed by atoms with van der Waals surface area (Å²) in [5.74, 6) is -0.261. The Morgan fingerprint density at radius 1 is 0.955 bits per heavy atom. The minimum Gasteiger partial charge on any atom is -0.356 e. The van der Waals surface area contributed by atoms with Crippen molar-refractivity contribution >= 4 is 11.8 Å². The summed E-state index contributed by atoms with van der Waals surface area (Å²) in [4.78, 5) is 24.2. The van der Waals surface area contributed by atoms with Crippen molar-refractivity contribution in [1.29, 1.82) is 0 Å². The molecule has 0 bridgehead atoms. The van der Waals surface area contributed by atoms with Gasteiger partial charge >= 0.3 is 0 Å². The van der Waals surface area contributed by atoms with Gasteiger partial charge in [0.05, 0.1) is 12.5 Å². The summed E-state index contributed by atoms with van der Waals surface area (Å²) in [6.07, 6.45) is 0.219. The Morgan fingerprint density at radius 3 is 2.14 bits per heavy atom. The number of carbonyl (C=O) groups is 2. The molecule has 0 heterocycles. The van der Waals surface area contributed by atoms with Crippen LogP contribution < -0.4 is 10.6 Å². The lowest BCUT2D eigenvalue weighted by atomic mass is 10.0. The Labute approximate surface area is 130 Å². The van der Waals surface area contributed by atoms with Crippen LogP contribution in [0.5, 0.6) is 0 Å². The molecule has 0 spiro atoms. The van der Waals surface area contributed by atoms with Gasteiger partial charge in [-0.1, -0.05) is 48.5 Å². The molecule has 2 amide bonds. The fourth-order valence-corrected chi connectivity index (χ4v) is 2.22. The van der Waals surface area contributed by atoms with Gasteiger partial charge in [-0.05, 0) is 24.6 Å². The maximum Gasteiger partial charge on any atom is 0.251 e. The second kappa shape index (κ2) is 7.98. The topological polar surface area (TPSA) is 58.2 Å². The largest absolute Gasteiger partial charge is 0.356 e. The Hall–Kier alpha value is -2.62. The molecule has 0 aliphatic heterocycles. The molecule has 4 nitrogen and oxygen atoms in total. The lowest BCUT2D eigenvalue weighted by molar-refractivity contribution is -0.121. The SMILES string of the molecule is CCNC(=O)C[C@@H](NC(=O)c1ccccc1)c1ccccc1. The van der Waals surface area contributed by atoms with Crippen molar-refractivity contribution in [3.8, 4) is 0 Å². The van der Waals surface area contributed by atoms with Crippen LogP contribution in [0.4, 0.5) is 0 Å². The van der Waals surface area contributed by atoms with Gasteiger partial charge in [0.1, 0.15) is 0 Å². The van der Waals surface area contributed by atoms with Gasteiger partial charge in [0, 0.05) is 12.1 Å². The fraction of sp³-hybridized carbons (Fsp3) is 0.222. The second-order valence-electron chi connectivity index (χ2n) is 4.96. The van der Waals surface area contributed by atoms with E-state index in [-0.39, 0.29) is 24.3 Å². The molecule has 2 aromatic rings. The summed E-state index contributed by atoms with van der Waals surface area (Å²) in [5.41, 5.74) is 1.50. The average molecular weight is 296 g/mol. The van der Waals surface area contributed by atoms with Crippen LogP contribution in [0.2, 0.25) is 0 Å². The molecule has 2 aromatic carbocycles. The molecule has 0 unspecified atom stereocenters. The molecular weight excluding hydrogens is 276 g/mol. The van der Waals surface area contributed by atoms with Crippen molar-refractivity contribution in [3.63, 3.8) is 0 Å². The molecule has 0 saturated carbocycles. The molecule has 0 fully saturated rings. The third-order valence-electron chi connectivity index (χ3n) is 3.31. The third kappa shape index (κ3) is 4.45. The molecule has 0 saturated heterocycles. The summed E-state index contributed by atoms with van der Waals surface area (Å²) in [7, 11) is 0. The smallest absolute Gasteiger partial charge is 0.251 e. The number of hydrogen-bond donors (Lipinski definition) is 2. The van der Waals surface area contributed by atoms with Gasteiger partial charge in [-0.3, -0.25) is 9.59 Å². The summed E-state index contributed by atoms with van der Waals surface area (Å²) in [6.45, 7) is 2.45. The molecule has 0 aliphatic rings. The first-order chi connectivity index (χ1) is 10.7. The van der Waals surface area contributed by atoms with Crippen LogP contribution >= 0.6 is 0 Å². The number of benzene rings is 2. The first-order valence-electron chi connectivity index (χ1n) is 7.38. The molecule has 2 N–H and O–H groups in total. The molecule has 4 heteroatoms. The van der Waals surface area contributed by atoms with Gasteiger partial charge in [0.2, 0.25) is 5.91 Å². The lowest BCUT2D eigenvalue weighted by Gasteiger charge is -2.19. The first-order valence-corrected chi connectivity index (χ1v) is 7.38. The van der Waals surface area contributed by atoms with Gasteiger partial charge < -0.3 is 10.6 Å². The zero-order valence-electron chi connectivity index (χ0n) is 12.6. The van der Waals surface area contributed by atoms with Crippen LogP contribution in [0.1, 0.15) is 35.3 Å². The highest BCUT2D eigenvalue weighted by Crippen LogP contribution is 2.17. The van der Waals surface area contributed by atoms with Gasteiger partial charge in [0.15, 0.2) is 0 Å². The Morgan fingerprint density at radius 2 is 1.55 bits per heavy atom. The Kier molecular flexibility index (Phi) is 5.72. The molecule has 0 radical (unpaired) electrons. The Balaban J connectivity index is 2.14. The predicted octanol–water partition coefficient (Wildman–Crippen LogP) is 2.68. The summed E-state index contributed by atoms with van der Waals surface area (Å²) >= 11 is 0. The maximum absolute atomic E-state index is 12.3. The van der Waals surface area contributed by atoms with E-state index in [4.69, 9.17) is 0 Å². The highest BCUT2D eigenvalue weighted by molar-refractivity contribution is 5.94. The van der Waals surface area contributed by atoms with Crippen LogP contribution in [0, 0.1) is 0 Å². The second-order valence-corrected chi connectivity index (χ2v) is 4.96. The van der Waals surface area contributed by atoms with Crippen LogP contribution in [-0.2, 0) is 4.79 Å². The van der Waals surface area contributed by atoms with E-state index in [2.05, 4.69) is 10.6 Å². The van der Waals surface area contributed by atoms with Crippen molar-refractivity contribution in [1.82, 2.24) is 10.6 Å². The van der Waals surface area contributed by atoms with Crippen LogP contribution in [0.3, 0.4) is 0 Å². The van der Waals surface area contributed by atoms with Crippen molar-refractivity contribution < 1.29 is 9.59 Å². The van der Waals surface area contributed by atoms with E-state index in [0.717, 1.165) is 5.56 Å². The fourth-order valence-electron chi connectivity index (χ4n) is 2.22. The quantitative estimate of drug-likeness (QED) is 0.861. The van der Waals surface area contributed by atoms with Gasteiger partial charge in [-0.2, -0.15) is 0 Å². The van der Waals surface area contributed by atoms with E-state index in [9.17, 15) is 9.59 Å². The number of hydrogen-bond acceptors (Lipinski definition) is 2. The summed E-state index contributed by atoms with van der Waals surface area (Å²) < 4.78 is 0. The summed E-state index contributed by atoms with van der Waals surface area (Å²) in [5, 5.41) is 5.71. The Bertz CT molecular complexity index is 611. The van der Waals surface area contributed by atoms with E-state index in [1.54, 1.807) is 12.1 Å². The highest BCUT2D eigenvalue weighted by atomic mass is 16.2. The molecule has 22 heavy (non-hydrogen) atoms. The molecular formula is C18H20N2O2. The molecule has 114 valence electrons. The third-order valence-corrected chi connectivity index (χ3v) is 3.31. The zero-order valence-corrected chi connectivity index (χ0v) is 12.6. The minimum atomic E-state index is -0.347. The van der Waals surface area contributed by atoms with Crippen molar-refractivity contribution in [2.75, 3.05) is 6.54 Å². The summed E-state index contributed by atoms with van der Waals surface area (Å²) in [6, 6.07) is 18.2. The predicted molar refractivity (Wildman–Crippen MR) is 86.4 cm³/mol. The first kappa shape index (κ1) is 15.8. The standard InChI is InChI=1S/C18H20N2O2/c1-2-19-17(21)13-16(14-9-5-3-6-10-14)20-18(22)15-11-7-4-8-12-15/h3-12,16H,2,13H2,1H3,(H,19,21)(H,20,22)/t16-/m1/s1. The monoisotopic (exact) mass is 296 g/mol. The number of rotatable bonds is 6. The van der Waals surface area contributed by atoms with Crippen molar-refractivity contribution in [3.05, 3.63) is 71.8 Å². The van der Waals surface area contributed by atoms with Gasteiger partial charge in [0.25, 0.3) is 5.91 Å². The van der Waals surface area contributed by atoms with Crippen LogP contribution in [-0.4, -0.2) is 18.4 Å². The zero-order chi connectivity index (χ0) is 15.8. The average Bonchev–Trinajstić information content (AvgIpc) is 2.56. The van der Waals surface area contributed by atoms with Gasteiger partial charge in [-0.15, -0.1) is 0 Å². The van der Waals surface area contributed by atoms with E-state index >= 15 is 0 Å². The van der Waals surface area contributed by atoms with Crippen LogP contribution in [0.25, 0.3) is 0 Å². The number of amides is 2. The van der Waals surface area contributed by atoms with Crippen molar-refractivity contribution in [2.45, 2.75) is 19.4 Å². The van der Waals surface area contributed by atoms with Crippen LogP contribution in [0.15, 0.2) is 60.7 Å². The normalized spacial score (nSPS) is 11.5. The van der Waals surface area contributed by atoms with Crippen molar-refractivity contribution in [2.24, 2.45) is 0 Å². The molecule has 1 atom stereocenters. The van der Waals surface area contributed by atoms with E-state index in [1.165, 1.54) is 0 Å². The van der Waals surface area contributed by atoms with E-state index in [1.807, 2.05) is 55.5 Å². The lowest BCUT2D eigenvalue weighted by Crippen LogP contribution is -2.33. The number of carbonyl (C=O) groups excluding carboxylic acids is 2.